The van der Waals surface area contributed by atoms with E-state index in [1.165, 1.54) is 32.3 Å². The zero-order valence-corrected chi connectivity index (χ0v) is 33.7. The number of benzene rings is 10. The second kappa shape index (κ2) is 14.8. The van der Waals surface area contributed by atoms with Crippen molar-refractivity contribution in [2.75, 3.05) is 0 Å². The number of fused-ring (bicyclic) bond motifs is 7. The fourth-order valence-corrected chi connectivity index (χ4v) is 9.25. The molecule has 0 radical (unpaired) electrons. The van der Waals surface area contributed by atoms with E-state index in [4.69, 9.17) is 15.0 Å². The molecular formula is C59H37N3. The van der Waals surface area contributed by atoms with Crippen LogP contribution in [0.4, 0.5) is 0 Å². The molecule has 0 fully saturated rings. The van der Waals surface area contributed by atoms with E-state index in [1.54, 1.807) is 0 Å². The van der Waals surface area contributed by atoms with Crippen LogP contribution in [0.15, 0.2) is 224 Å². The van der Waals surface area contributed by atoms with Gasteiger partial charge in [0.2, 0.25) is 0 Å². The van der Waals surface area contributed by atoms with Gasteiger partial charge in [0.25, 0.3) is 0 Å². The molecule has 0 aliphatic rings. The molecule has 0 atom stereocenters. The van der Waals surface area contributed by atoms with Crippen molar-refractivity contribution in [2.24, 2.45) is 0 Å². The van der Waals surface area contributed by atoms with Crippen molar-refractivity contribution in [3.05, 3.63) is 224 Å². The summed E-state index contributed by atoms with van der Waals surface area (Å²) in [7, 11) is 0. The van der Waals surface area contributed by atoms with Gasteiger partial charge in [0.1, 0.15) is 0 Å². The fourth-order valence-electron chi connectivity index (χ4n) is 9.25. The number of rotatable bonds is 6. The highest BCUT2D eigenvalue weighted by Gasteiger charge is 2.22. The number of hydrogen-bond donors (Lipinski definition) is 0. The van der Waals surface area contributed by atoms with Gasteiger partial charge in [0.05, 0.1) is 22.6 Å². The van der Waals surface area contributed by atoms with Crippen LogP contribution in [0.2, 0.25) is 0 Å². The maximum Gasteiger partial charge on any atom is 0.160 e. The standard InChI is InChI=1S/C59H37N3/c1-3-18-40(19-4-1)57-54(58(41-20-5-2-6-21-41)62-59(61-57)47-33-31-39-17-8-10-23-43(39)35-47)45-25-15-24-44(36-45)51-37-52-55(49-27-12-11-26-48(49)51)50-28-13-14-29-53(50)60-56(52)46-32-30-38-16-7-9-22-42(38)34-46/h1-37H. The lowest BCUT2D eigenvalue weighted by Crippen LogP contribution is -2.01. The average Bonchev–Trinajstić information content (AvgIpc) is 3.35. The van der Waals surface area contributed by atoms with Crippen molar-refractivity contribution < 1.29 is 0 Å². The molecule has 0 amide bonds. The van der Waals surface area contributed by atoms with Crippen LogP contribution in [0, 0.1) is 0 Å². The summed E-state index contributed by atoms with van der Waals surface area (Å²) in [5, 5.41) is 10.6. The molecule has 0 saturated heterocycles. The number of nitrogens with zero attached hydrogens (tertiary/aromatic N) is 3. The summed E-state index contributed by atoms with van der Waals surface area (Å²) >= 11 is 0. The van der Waals surface area contributed by atoms with Crippen LogP contribution < -0.4 is 0 Å². The van der Waals surface area contributed by atoms with Crippen LogP contribution in [0.1, 0.15) is 0 Å². The van der Waals surface area contributed by atoms with E-state index in [9.17, 15) is 0 Å². The van der Waals surface area contributed by atoms with Crippen molar-refractivity contribution >= 4 is 54.0 Å². The summed E-state index contributed by atoms with van der Waals surface area (Å²) in [6.07, 6.45) is 0. The van der Waals surface area contributed by atoms with Gasteiger partial charge in [-0.05, 0) is 79.3 Å². The van der Waals surface area contributed by atoms with Gasteiger partial charge in [0, 0.05) is 44.0 Å². The highest BCUT2D eigenvalue weighted by Crippen LogP contribution is 2.45. The Morgan fingerprint density at radius 1 is 0.258 bits per heavy atom. The smallest absolute Gasteiger partial charge is 0.160 e. The van der Waals surface area contributed by atoms with Crippen LogP contribution in [0.5, 0.6) is 0 Å². The van der Waals surface area contributed by atoms with Gasteiger partial charge in [-0.3, -0.25) is 0 Å². The van der Waals surface area contributed by atoms with Crippen molar-refractivity contribution in [1.82, 2.24) is 15.0 Å². The Balaban J connectivity index is 1.12. The summed E-state index contributed by atoms with van der Waals surface area (Å²) in [6.45, 7) is 0. The molecule has 0 bridgehead atoms. The van der Waals surface area contributed by atoms with Gasteiger partial charge in [-0.2, -0.15) is 0 Å². The second-order valence-electron chi connectivity index (χ2n) is 15.9. The number of para-hydroxylation sites is 1. The Morgan fingerprint density at radius 3 is 1.45 bits per heavy atom. The molecular weight excluding hydrogens is 751 g/mol. The van der Waals surface area contributed by atoms with Crippen molar-refractivity contribution in [3.63, 3.8) is 0 Å². The van der Waals surface area contributed by atoms with Gasteiger partial charge in [0.15, 0.2) is 5.82 Å². The van der Waals surface area contributed by atoms with Gasteiger partial charge in [-0.1, -0.05) is 194 Å². The molecule has 0 spiro atoms. The molecule has 0 N–H and O–H groups in total. The van der Waals surface area contributed by atoms with E-state index < -0.39 is 0 Å². The molecule has 12 rings (SSSR count). The number of aromatic nitrogens is 3. The highest BCUT2D eigenvalue weighted by atomic mass is 14.9. The lowest BCUT2D eigenvalue weighted by atomic mass is 9.88. The number of hydrogen-bond acceptors (Lipinski definition) is 3. The van der Waals surface area contributed by atoms with Crippen molar-refractivity contribution in [1.29, 1.82) is 0 Å². The Labute approximate surface area is 359 Å². The van der Waals surface area contributed by atoms with Crippen LogP contribution in [-0.4, -0.2) is 15.0 Å². The molecule has 288 valence electrons. The van der Waals surface area contributed by atoms with E-state index in [2.05, 4.69) is 224 Å². The molecule has 3 heteroatoms. The van der Waals surface area contributed by atoms with E-state index in [0.717, 1.165) is 83.3 Å². The van der Waals surface area contributed by atoms with Gasteiger partial charge in [-0.25, -0.2) is 15.0 Å². The summed E-state index contributed by atoms with van der Waals surface area (Å²) in [4.78, 5) is 16.3. The average molecular weight is 788 g/mol. The molecule has 10 aromatic carbocycles. The summed E-state index contributed by atoms with van der Waals surface area (Å²) < 4.78 is 0. The predicted octanol–water partition coefficient (Wildman–Crippen LogP) is 15.6. The second-order valence-corrected chi connectivity index (χ2v) is 15.9. The minimum atomic E-state index is 0.690. The number of pyridine rings is 1. The van der Waals surface area contributed by atoms with Gasteiger partial charge < -0.3 is 0 Å². The zero-order chi connectivity index (χ0) is 41.0. The minimum Gasteiger partial charge on any atom is -0.247 e. The van der Waals surface area contributed by atoms with Crippen molar-refractivity contribution in [3.8, 4) is 67.4 Å². The Morgan fingerprint density at radius 2 is 0.774 bits per heavy atom. The lowest BCUT2D eigenvalue weighted by molar-refractivity contribution is 1.19. The maximum atomic E-state index is 5.45. The Hall–Kier alpha value is -8.27. The topological polar surface area (TPSA) is 38.7 Å². The first kappa shape index (κ1) is 35.7. The summed E-state index contributed by atoms with van der Waals surface area (Å²) in [5.74, 6) is 0.690. The molecule has 0 saturated carbocycles. The molecule has 2 aromatic heterocycles. The molecule has 2 heterocycles. The van der Waals surface area contributed by atoms with Gasteiger partial charge in [-0.15, -0.1) is 0 Å². The highest BCUT2D eigenvalue weighted by molar-refractivity contribution is 6.25. The normalized spacial score (nSPS) is 11.5. The van der Waals surface area contributed by atoms with Crippen molar-refractivity contribution in [2.45, 2.75) is 0 Å². The Bertz CT molecular complexity index is 3630. The van der Waals surface area contributed by atoms with E-state index in [-0.39, 0.29) is 0 Å². The summed E-state index contributed by atoms with van der Waals surface area (Å²) in [6, 6.07) is 79.9. The molecule has 0 aliphatic carbocycles. The lowest BCUT2D eigenvalue weighted by Gasteiger charge is -2.19. The zero-order valence-electron chi connectivity index (χ0n) is 33.7. The van der Waals surface area contributed by atoms with E-state index in [0.29, 0.717) is 5.82 Å². The third-order valence-electron chi connectivity index (χ3n) is 12.2. The first-order valence-corrected chi connectivity index (χ1v) is 21.1. The van der Waals surface area contributed by atoms with Gasteiger partial charge >= 0.3 is 0 Å². The monoisotopic (exact) mass is 787 g/mol. The largest absolute Gasteiger partial charge is 0.247 e. The third-order valence-corrected chi connectivity index (χ3v) is 12.2. The first-order valence-electron chi connectivity index (χ1n) is 21.1. The molecule has 0 unspecified atom stereocenters. The quantitative estimate of drug-likeness (QED) is 0.158. The molecule has 3 nitrogen and oxygen atoms in total. The molecule has 0 aliphatic heterocycles. The Kier molecular flexibility index (Phi) is 8.50. The molecule has 62 heavy (non-hydrogen) atoms. The SMILES string of the molecule is c1ccc(-c2nc(-c3ccc4ccccc4c3)nc(-c3ccccc3)c2-c2cccc(-c3cc4c(-c5ccc6ccccc6c5)nc5ccccc5c4c4ccccc34)c2)cc1. The maximum absolute atomic E-state index is 5.45. The fraction of sp³-hybridized carbons (Fsp3) is 0. The van der Waals surface area contributed by atoms with Crippen LogP contribution >= 0.6 is 0 Å². The van der Waals surface area contributed by atoms with Crippen LogP contribution in [0.3, 0.4) is 0 Å². The first-order chi connectivity index (χ1) is 30.7. The predicted molar refractivity (Wildman–Crippen MR) is 260 cm³/mol. The van der Waals surface area contributed by atoms with Crippen LogP contribution in [-0.2, 0) is 0 Å². The van der Waals surface area contributed by atoms with Crippen LogP contribution in [0.25, 0.3) is 121 Å². The van der Waals surface area contributed by atoms with E-state index >= 15 is 0 Å². The summed E-state index contributed by atoms with van der Waals surface area (Å²) in [5.41, 5.74) is 12.1. The third kappa shape index (κ3) is 6.10. The minimum absolute atomic E-state index is 0.690. The molecule has 12 aromatic rings. The van der Waals surface area contributed by atoms with E-state index in [1.807, 2.05) is 0 Å².